The molecule has 0 aromatic rings. The number of nitrogens with zero attached hydrogens (tertiary/aromatic N) is 1. The summed E-state index contributed by atoms with van der Waals surface area (Å²) in [6.07, 6.45) is 0.0864. The number of ether oxygens (including phenoxy) is 1. The summed E-state index contributed by atoms with van der Waals surface area (Å²) in [4.78, 5) is 13.7. The number of halogens is 3. The van der Waals surface area contributed by atoms with E-state index in [4.69, 9.17) is 0 Å². The molecule has 2 fully saturated rings. The molecule has 0 radical (unpaired) electrons. The first-order valence-electron chi connectivity index (χ1n) is 7.09. The van der Waals surface area contributed by atoms with Crippen LogP contribution in [-0.4, -0.2) is 48.9 Å². The zero-order valence-electron chi connectivity index (χ0n) is 11.6. The topological polar surface area (TPSA) is 41.6 Å². The van der Waals surface area contributed by atoms with Crippen LogP contribution in [0.3, 0.4) is 0 Å². The van der Waals surface area contributed by atoms with Gasteiger partial charge in [0.05, 0.1) is 18.8 Å². The predicted octanol–water partition coefficient (Wildman–Crippen LogP) is 1.90. The van der Waals surface area contributed by atoms with Crippen LogP contribution in [0.2, 0.25) is 0 Å². The highest BCUT2D eigenvalue weighted by molar-refractivity contribution is 5.83. The lowest BCUT2D eigenvalue weighted by atomic mass is 10.0. The van der Waals surface area contributed by atoms with Gasteiger partial charge in [-0.2, -0.15) is 13.2 Å². The van der Waals surface area contributed by atoms with Gasteiger partial charge in [0.1, 0.15) is 6.61 Å². The Morgan fingerprint density at radius 2 is 2.00 bits per heavy atom. The van der Waals surface area contributed by atoms with Crippen molar-refractivity contribution in [1.82, 2.24) is 10.2 Å². The van der Waals surface area contributed by atoms with E-state index in [0.29, 0.717) is 5.92 Å². The molecule has 7 heteroatoms. The standard InChI is InChI=1S/C13H21F3N2O2/c1-9-12(19)18(6-7-20-8-13(14,15)16)11(17-9)10-4-2-3-5-10/h9-11,17H,2-8H2,1H3. The lowest BCUT2D eigenvalue weighted by molar-refractivity contribution is -0.175. The smallest absolute Gasteiger partial charge is 0.370 e. The number of carbonyl (C=O) groups is 1. The maximum Gasteiger partial charge on any atom is 0.411 e. The van der Waals surface area contributed by atoms with E-state index in [1.165, 1.54) is 0 Å². The third kappa shape index (κ3) is 3.85. The average molecular weight is 294 g/mol. The van der Waals surface area contributed by atoms with Crippen LogP contribution in [0.15, 0.2) is 0 Å². The van der Waals surface area contributed by atoms with E-state index in [-0.39, 0.29) is 31.3 Å². The van der Waals surface area contributed by atoms with Crippen molar-refractivity contribution in [3.63, 3.8) is 0 Å². The van der Waals surface area contributed by atoms with Crippen LogP contribution in [0.25, 0.3) is 0 Å². The highest BCUT2D eigenvalue weighted by Gasteiger charge is 2.41. The molecule has 2 unspecified atom stereocenters. The van der Waals surface area contributed by atoms with Crippen LogP contribution in [0.4, 0.5) is 13.2 Å². The summed E-state index contributed by atoms with van der Waals surface area (Å²) in [6, 6.07) is -0.261. The molecule has 0 bridgehead atoms. The Bertz CT molecular complexity index is 343. The van der Waals surface area contributed by atoms with Crippen molar-refractivity contribution in [1.29, 1.82) is 0 Å². The zero-order valence-corrected chi connectivity index (χ0v) is 11.6. The van der Waals surface area contributed by atoms with Gasteiger partial charge in [0.25, 0.3) is 0 Å². The molecule has 0 spiro atoms. The summed E-state index contributed by atoms with van der Waals surface area (Å²) in [6.45, 7) is 0.670. The summed E-state index contributed by atoms with van der Waals surface area (Å²) in [7, 11) is 0. The Morgan fingerprint density at radius 3 is 2.60 bits per heavy atom. The molecule has 1 aliphatic heterocycles. The van der Waals surface area contributed by atoms with Crippen molar-refractivity contribution >= 4 is 5.91 Å². The fraction of sp³-hybridized carbons (Fsp3) is 0.923. The monoisotopic (exact) mass is 294 g/mol. The normalized spacial score (nSPS) is 28.6. The zero-order chi connectivity index (χ0) is 14.8. The van der Waals surface area contributed by atoms with Crippen molar-refractivity contribution in [2.45, 2.75) is 51.0 Å². The summed E-state index contributed by atoms with van der Waals surface area (Å²) in [5.41, 5.74) is 0. The lowest BCUT2D eigenvalue weighted by Crippen LogP contribution is -2.44. The third-order valence-electron chi connectivity index (χ3n) is 4.00. The Morgan fingerprint density at radius 1 is 1.35 bits per heavy atom. The predicted molar refractivity (Wildman–Crippen MR) is 66.9 cm³/mol. The van der Waals surface area contributed by atoms with E-state index < -0.39 is 12.8 Å². The molecule has 1 N–H and O–H groups in total. The number of carbonyl (C=O) groups excluding carboxylic acids is 1. The van der Waals surface area contributed by atoms with E-state index in [1.807, 2.05) is 0 Å². The van der Waals surface area contributed by atoms with Gasteiger partial charge >= 0.3 is 6.18 Å². The number of alkyl halides is 3. The van der Waals surface area contributed by atoms with Crippen LogP contribution in [0, 0.1) is 5.92 Å². The minimum absolute atomic E-state index is 0.0440. The van der Waals surface area contributed by atoms with Crippen LogP contribution in [0.5, 0.6) is 0 Å². The summed E-state index contributed by atoms with van der Waals surface area (Å²) in [5, 5.41) is 3.25. The molecular weight excluding hydrogens is 273 g/mol. The lowest BCUT2D eigenvalue weighted by Gasteiger charge is -2.29. The number of rotatable bonds is 5. The molecule has 1 amide bonds. The van der Waals surface area contributed by atoms with Gasteiger partial charge in [0.2, 0.25) is 5.91 Å². The van der Waals surface area contributed by atoms with Gasteiger partial charge in [0, 0.05) is 6.54 Å². The maximum atomic E-state index is 12.0. The number of amides is 1. The van der Waals surface area contributed by atoms with E-state index in [1.54, 1.807) is 11.8 Å². The molecule has 2 rings (SSSR count). The first kappa shape index (κ1) is 15.6. The molecule has 0 aromatic heterocycles. The Labute approximate surface area is 116 Å². The van der Waals surface area contributed by atoms with E-state index in [9.17, 15) is 18.0 Å². The van der Waals surface area contributed by atoms with Crippen LogP contribution in [0.1, 0.15) is 32.6 Å². The fourth-order valence-electron chi connectivity index (χ4n) is 3.07. The second kappa shape index (κ2) is 6.30. The van der Waals surface area contributed by atoms with Gasteiger partial charge in [-0.05, 0) is 25.7 Å². The van der Waals surface area contributed by atoms with Crippen molar-refractivity contribution in [3.8, 4) is 0 Å². The Kier molecular flexibility index (Phi) is 4.90. The van der Waals surface area contributed by atoms with Gasteiger partial charge in [-0.15, -0.1) is 0 Å². The van der Waals surface area contributed by atoms with Crippen molar-refractivity contribution < 1.29 is 22.7 Å². The molecule has 1 aliphatic carbocycles. The Hall–Kier alpha value is -0.820. The van der Waals surface area contributed by atoms with E-state index >= 15 is 0 Å². The highest BCUT2D eigenvalue weighted by atomic mass is 19.4. The van der Waals surface area contributed by atoms with Crippen molar-refractivity contribution in [3.05, 3.63) is 0 Å². The molecular formula is C13H21F3N2O2. The van der Waals surface area contributed by atoms with Crippen LogP contribution < -0.4 is 5.32 Å². The molecule has 1 heterocycles. The first-order chi connectivity index (χ1) is 9.38. The minimum Gasteiger partial charge on any atom is -0.370 e. The van der Waals surface area contributed by atoms with Gasteiger partial charge in [0.15, 0.2) is 0 Å². The minimum atomic E-state index is -4.31. The second-order valence-electron chi connectivity index (χ2n) is 5.58. The second-order valence-corrected chi connectivity index (χ2v) is 5.58. The van der Waals surface area contributed by atoms with Crippen molar-refractivity contribution in [2.24, 2.45) is 5.92 Å². The van der Waals surface area contributed by atoms with Gasteiger partial charge < -0.3 is 9.64 Å². The molecule has 2 atom stereocenters. The van der Waals surface area contributed by atoms with Crippen LogP contribution >= 0.6 is 0 Å². The molecule has 20 heavy (non-hydrogen) atoms. The van der Waals surface area contributed by atoms with Gasteiger partial charge in [-0.1, -0.05) is 12.8 Å². The first-order valence-corrected chi connectivity index (χ1v) is 7.09. The number of hydrogen-bond acceptors (Lipinski definition) is 3. The number of hydrogen-bond donors (Lipinski definition) is 1. The van der Waals surface area contributed by atoms with Gasteiger partial charge in [-0.3, -0.25) is 10.1 Å². The average Bonchev–Trinajstić information content (AvgIpc) is 2.95. The molecule has 1 saturated heterocycles. The maximum absolute atomic E-state index is 12.0. The summed E-state index contributed by atoms with van der Waals surface area (Å²) >= 11 is 0. The molecule has 0 aromatic carbocycles. The van der Waals surface area contributed by atoms with E-state index in [0.717, 1.165) is 25.7 Å². The number of nitrogens with one attached hydrogen (secondary N) is 1. The fourth-order valence-corrected chi connectivity index (χ4v) is 3.07. The third-order valence-corrected chi connectivity index (χ3v) is 4.00. The molecule has 2 aliphatic rings. The SMILES string of the molecule is CC1NC(C2CCCC2)N(CCOCC(F)(F)F)C1=O. The molecule has 4 nitrogen and oxygen atoms in total. The Balaban J connectivity index is 1.84. The largest absolute Gasteiger partial charge is 0.411 e. The van der Waals surface area contributed by atoms with Crippen molar-refractivity contribution in [2.75, 3.05) is 19.8 Å². The highest BCUT2D eigenvalue weighted by Crippen LogP contribution is 2.31. The van der Waals surface area contributed by atoms with Gasteiger partial charge in [-0.25, -0.2) is 0 Å². The molecule has 1 saturated carbocycles. The summed E-state index contributed by atoms with van der Waals surface area (Å²) < 4.78 is 40.6. The quantitative estimate of drug-likeness (QED) is 0.788. The molecule has 116 valence electrons. The van der Waals surface area contributed by atoms with Crippen LogP contribution in [-0.2, 0) is 9.53 Å². The van der Waals surface area contributed by atoms with E-state index in [2.05, 4.69) is 10.1 Å². The summed E-state index contributed by atoms with van der Waals surface area (Å²) in [5.74, 6) is 0.365.